The van der Waals surface area contributed by atoms with Crippen LogP contribution in [0, 0.1) is 5.41 Å². The fraction of sp³-hybridized carbons (Fsp3) is 1.00. The topological polar surface area (TPSA) is 42.0 Å². The van der Waals surface area contributed by atoms with Crippen molar-refractivity contribution in [2.45, 2.75) is 33.8 Å². The Balaban J connectivity index is 0.000000424. The Kier molecular flexibility index (Phi) is 6.29. The summed E-state index contributed by atoms with van der Waals surface area (Å²) in [7, 11) is 0. The quantitative estimate of drug-likeness (QED) is 0.685. The molecule has 0 aromatic carbocycles. The molecule has 0 aromatic heterocycles. The van der Waals surface area contributed by atoms with Crippen LogP contribution in [0.1, 0.15) is 27.7 Å². The Bertz CT molecular complexity index is 114. The molecule has 1 N–H and O–H groups in total. The van der Waals surface area contributed by atoms with Crippen molar-refractivity contribution >= 4 is 0 Å². The first kappa shape index (κ1) is 12.9. The second-order valence-corrected chi connectivity index (χ2v) is 4.35. The van der Waals surface area contributed by atoms with E-state index in [1.807, 2.05) is 0 Å². The van der Waals surface area contributed by atoms with Crippen molar-refractivity contribution in [1.29, 1.82) is 0 Å². The van der Waals surface area contributed by atoms with Gasteiger partial charge >= 0.3 is 0 Å². The molecule has 0 radical (unpaired) electrons. The number of hydrogen-bond donors (Lipinski definition) is 1. The van der Waals surface area contributed by atoms with E-state index in [1.165, 1.54) is 0 Å². The molecular formula is C10H22O3. The molecular weight excluding hydrogens is 168 g/mol. The van der Waals surface area contributed by atoms with Crippen LogP contribution in [0.2, 0.25) is 0 Å². The summed E-state index contributed by atoms with van der Waals surface area (Å²) in [5.41, 5.74) is 0.287. The third-order valence-corrected chi connectivity index (χ3v) is 1.24. The van der Waals surface area contributed by atoms with E-state index in [0.29, 0.717) is 6.10 Å². The smallest absolute Gasteiger partial charge is 0.104 e. The Hall–Kier alpha value is -0.120. The van der Waals surface area contributed by atoms with Crippen LogP contribution in [0.4, 0.5) is 0 Å². The molecule has 1 heterocycles. The number of epoxide rings is 1. The number of rotatable bonds is 3. The van der Waals surface area contributed by atoms with Gasteiger partial charge in [-0.25, -0.2) is 0 Å². The molecule has 0 aromatic rings. The molecule has 1 saturated heterocycles. The highest BCUT2D eigenvalue weighted by Gasteiger charge is 2.23. The lowest BCUT2D eigenvalue weighted by Gasteiger charge is -2.17. The van der Waals surface area contributed by atoms with Gasteiger partial charge in [0.1, 0.15) is 6.10 Å². The Morgan fingerprint density at radius 2 is 1.92 bits per heavy atom. The zero-order valence-corrected chi connectivity index (χ0v) is 9.17. The van der Waals surface area contributed by atoms with Crippen LogP contribution in [0.25, 0.3) is 0 Å². The normalized spacial score (nSPS) is 20.5. The third kappa shape index (κ3) is 11.9. The Morgan fingerprint density at radius 3 is 2.23 bits per heavy atom. The Labute approximate surface area is 81.0 Å². The molecule has 1 rings (SSSR count). The monoisotopic (exact) mass is 190 g/mol. The lowest BCUT2D eigenvalue weighted by atomic mass is 9.99. The predicted octanol–water partition coefficient (Wildman–Crippen LogP) is 1.45. The summed E-state index contributed by atoms with van der Waals surface area (Å²) >= 11 is 0. The number of aliphatic hydroxyl groups is 1. The molecule has 3 nitrogen and oxygen atoms in total. The van der Waals surface area contributed by atoms with Crippen LogP contribution in [-0.2, 0) is 9.47 Å². The lowest BCUT2D eigenvalue weighted by molar-refractivity contribution is 0.0607. The third-order valence-electron chi connectivity index (χ3n) is 1.24. The second-order valence-electron chi connectivity index (χ2n) is 4.35. The van der Waals surface area contributed by atoms with E-state index in [9.17, 15) is 0 Å². The van der Waals surface area contributed by atoms with Crippen molar-refractivity contribution in [2.24, 2.45) is 5.41 Å². The molecule has 0 bridgehead atoms. The van der Waals surface area contributed by atoms with Crippen LogP contribution < -0.4 is 0 Å². The molecule has 1 aliphatic rings. The summed E-state index contributed by atoms with van der Waals surface area (Å²) in [5.74, 6) is 0. The van der Waals surface area contributed by atoms with E-state index < -0.39 is 0 Å². The highest BCUT2D eigenvalue weighted by Crippen LogP contribution is 2.15. The average molecular weight is 190 g/mol. The van der Waals surface area contributed by atoms with Crippen molar-refractivity contribution in [3.05, 3.63) is 0 Å². The zero-order chi connectivity index (χ0) is 10.3. The number of aliphatic hydroxyl groups excluding tert-OH is 1. The van der Waals surface area contributed by atoms with Gasteiger partial charge in [-0.15, -0.1) is 0 Å². The van der Waals surface area contributed by atoms with Crippen molar-refractivity contribution in [1.82, 2.24) is 0 Å². The number of ether oxygens (including phenoxy) is 2. The predicted molar refractivity (Wildman–Crippen MR) is 52.8 cm³/mol. The molecule has 1 unspecified atom stereocenters. The highest BCUT2D eigenvalue weighted by atomic mass is 16.6. The van der Waals surface area contributed by atoms with Gasteiger partial charge in [-0.1, -0.05) is 20.8 Å². The highest BCUT2D eigenvalue weighted by molar-refractivity contribution is 4.68. The standard InChI is InChI=1S/C8H16O2.C2H6O/c1-8(2,3)6-9-4-7-5-10-7;1-2-3/h7H,4-6H2,1-3H3;3H,2H2,1H3. The van der Waals surface area contributed by atoms with Gasteiger partial charge in [0.05, 0.1) is 19.8 Å². The minimum atomic E-state index is 0.250. The summed E-state index contributed by atoms with van der Waals surface area (Å²) in [4.78, 5) is 0. The van der Waals surface area contributed by atoms with Crippen LogP contribution >= 0.6 is 0 Å². The minimum Gasteiger partial charge on any atom is -0.397 e. The maximum Gasteiger partial charge on any atom is 0.104 e. The van der Waals surface area contributed by atoms with Gasteiger partial charge in [0, 0.05) is 6.61 Å². The van der Waals surface area contributed by atoms with Crippen molar-refractivity contribution in [2.75, 3.05) is 26.4 Å². The van der Waals surface area contributed by atoms with Gasteiger partial charge < -0.3 is 14.6 Å². The molecule has 1 fully saturated rings. The molecule has 0 amide bonds. The summed E-state index contributed by atoms with van der Waals surface area (Å²) in [5, 5.41) is 7.57. The lowest BCUT2D eigenvalue weighted by Crippen LogP contribution is -2.16. The van der Waals surface area contributed by atoms with Crippen LogP contribution in [0.15, 0.2) is 0 Å². The first-order valence-electron chi connectivity index (χ1n) is 4.80. The molecule has 0 saturated carbocycles. The fourth-order valence-corrected chi connectivity index (χ4v) is 0.661. The second kappa shape index (κ2) is 6.35. The summed E-state index contributed by atoms with van der Waals surface area (Å²) in [6, 6.07) is 0. The van der Waals surface area contributed by atoms with Gasteiger partial charge in [0.2, 0.25) is 0 Å². The van der Waals surface area contributed by atoms with E-state index in [0.717, 1.165) is 19.8 Å². The van der Waals surface area contributed by atoms with E-state index in [1.54, 1.807) is 6.92 Å². The van der Waals surface area contributed by atoms with Crippen LogP contribution in [-0.4, -0.2) is 37.6 Å². The summed E-state index contributed by atoms with van der Waals surface area (Å²) in [6.07, 6.45) is 0.405. The fourth-order valence-electron chi connectivity index (χ4n) is 0.661. The molecule has 1 aliphatic heterocycles. The van der Waals surface area contributed by atoms with E-state index in [-0.39, 0.29) is 12.0 Å². The largest absolute Gasteiger partial charge is 0.397 e. The van der Waals surface area contributed by atoms with E-state index in [2.05, 4.69) is 20.8 Å². The van der Waals surface area contributed by atoms with Gasteiger partial charge in [-0.3, -0.25) is 0 Å². The summed E-state index contributed by atoms with van der Waals surface area (Å²) < 4.78 is 10.4. The molecule has 1 atom stereocenters. The maximum atomic E-state index is 7.57. The SMILES string of the molecule is CC(C)(C)COCC1CO1.CCO. The minimum absolute atomic E-state index is 0.250. The molecule has 80 valence electrons. The molecule has 0 spiro atoms. The average Bonchev–Trinajstić information content (AvgIpc) is 2.70. The summed E-state index contributed by atoms with van der Waals surface area (Å²) in [6.45, 7) is 10.9. The molecule has 3 heteroatoms. The maximum absolute atomic E-state index is 7.57. The van der Waals surface area contributed by atoms with Crippen LogP contribution in [0.3, 0.4) is 0 Å². The Morgan fingerprint density at radius 1 is 1.46 bits per heavy atom. The number of hydrogen-bond acceptors (Lipinski definition) is 3. The first-order chi connectivity index (χ1) is 5.99. The van der Waals surface area contributed by atoms with Crippen molar-refractivity contribution in [3.8, 4) is 0 Å². The molecule has 13 heavy (non-hydrogen) atoms. The molecule has 0 aliphatic carbocycles. The van der Waals surface area contributed by atoms with E-state index >= 15 is 0 Å². The van der Waals surface area contributed by atoms with Gasteiger partial charge in [-0.2, -0.15) is 0 Å². The van der Waals surface area contributed by atoms with Crippen molar-refractivity contribution in [3.63, 3.8) is 0 Å². The van der Waals surface area contributed by atoms with Gasteiger partial charge in [-0.05, 0) is 12.3 Å². The van der Waals surface area contributed by atoms with Gasteiger partial charge in [0.25, 0.3) is 0 Å². The van der Waals surface area contributed by atoms with Crippen LogP contribution in [0.5, 0.6) is 0 Å². The van der Waals surface area contributed by atoms with Crippen molar-refractivity contribution < 1.29 is 14.6 Å². The van der Waals surface area contributed by atoms with E-state index in [4.69, 9.17) is 14.6 Å². The zero-order valence-electron chi connectivity index (χ0n) is 9.17. The van der Waals surface area contributed by atoms with Gasteiger partial charge in [0.15, 0.2) is 0 Å². The first-order valence-corrected chi connectivity index (χ1v) is 4.80.